The molecule has 0 aliphatic rings. The summed E-state index contributed by atoms with van der Waals surface area (Å²) in [5.74, 6) is 1.14. The lowest BCUT2D eigenvalue weighted by Gasteiger charge is -1.91. The van der Waals surface area contributed by atoms with Crippen molar-refractivity contribution >= 4 is 12.4 Å². The van der Waals surface area contributed by atoms with Gasteiger partial charge in [0.1, 0.15) is 0 Å². The van der Waals surface area contributed by atoms with Gasteiger partial charge < -0.3 is 10.2 Å². The maximum absolute atomic E-state index is 5.41. The van der Waals surface area contributed by atoms with E-state index >= 15 is 0 Å². The van der Waals surface area contributed by atoms with E-state index in [9.17, 15) is 0 Å². The fraction of sp³-hybridized carbons (Fsp3) is 0.200. The van der Waals surface area contributed by atoms with E-state index in [4.69, 9.17) is 10.2 Å². The van der Waals surface area contributed by atoms with Gasteiger partial charge in [-0.15, -0.1) is 22.6 Å². The first-order valence-electron chi connectivity index (χ1n) is 4.48. The number of aromatic nitrogens is 2. The Morgan fingerprint density at radius 1 is 1.13 bits per heavy atom. The molecule has 80 valence electrons. The Balaban J connectivity index is 0.00000112. The summed E-state index contributed by atoms with van der Waals surface area (Å²) in [5, 5.41) is 7.82. The lowest BCUT2D eigenvalue weighted by Crippen LogP contribution is -2.02. The molecule has 2 aromatic rings. The molecule has 0 saturated carbocycles. The zero-order valence-corrected chi connectivity index (χ0v) is 8.91. The van der Waals surface area contributed by atoms with Crippen LogP contribution in [0.25, 0.3) is 11.5 Å². The molecule has 0 amide bonds. The highest BCUT2D eigenvalue weighted by Crippen LogP contribution is 2.16. The average Bonchev–Trinajstić information content (AvgIpc) is 2.68. The standard InChI is InChI=1S/C10H11N3O.ClH/c11-7-6-9-12-13-10(14-9)8-4-2-1-3-5-8;/h1-5H,6-7,11H2;1H. The zero-order valence-electron chi connectivity index (χ0n) is 8.09. The molecule has 0 bridgehead atoms. The van der Waals surface area contributed by atoms with Gasteiger partial charge >= 0.3 is 0 Å². The molecule has 0 aliphatic carbocycles. The van der Waals surface area contributed by atoms with Crippen LogP contribution >= 0.6 is 12.4 Å². The second-order valence-electron chi connectivity index (χ2n) is 2.91. The number of halogens is 1. The fourth-order valence-corrected chi connectivity index (χ4v) is 1.18. The van der Waals surface area contributed by atoms with Crippen molar-refractivity contribution < 1.29 is 4.42 Å². The van der Waals surface area contributed by atoms with Gasteiger partial charge in [0.05, 0.1) is 0 Å². The normalized spacial score (nSPS) is 9.67. The summed E-state index contributed by atoms with van der Waals surface area (Å²) in [4.78, 5) is 0. The van der Waals surface area contributed by atoms with Crippen LogP contribution in [0.15, 0.2) is 34.7 Å². The highest BCUT2D eigenvalue weighted by molar-refractivity contribution is 5.85. The van der Waals surface area contributed by atoms with Crippen molar-refractivity contribution in [3.8, 4) is 11.5 Å². The zero-order chi connectivity index (χ0) is 9.80. The maximum Gasteiger partial charge on any atom is 0.247 e. The van der Waals surface area contributed by atoms with E-state index in [2.05, 4.69) is 10.2 Å². The topological polar surface area (TPSA) is 64.9 Å². The summed E-state index contributed by atoms with van der Waals surface area (Å²) < 4.78 is 5.41. The molecule has 1 heterocycles. The Bertz CT molecular complexity index is 402. The average molecular weight is 226 g/mol. The third-order valence-corrected chi connectivity index (χ3v) is 1.85. The second kappa shape index (κ2) is 5.48. The van der Waals surface area contributed by atoms with Gasteiger partial charge in [0.15, 0.2) is 0 Å². The van der Waals surface area contributed by atoms with Crippen molar-refractivity contribution in [2.45, 2.75) is 6.42 Å². The smallest absolute Gasteiger partial charge is 0.247 e. The Hall–Kier alpha value is -1.39. The molecule has 15 heavy (non-hydrogen) atoms. The minimum absolute atomic E-state index is 0. The van der Waals surface area contributed by atoms with Crippen LogP contribution in [0.1, 0.15) is 5.89 Å². The number of rotatable bonds is 3. The van der Waals surface area contributed by atoms with E-state index in [0.29, 0.717) is 24.7 Å². The molecule has 0 atom stereocenters. The van der Waals surface area contributed by atoms with E-state index in [1.807, 2.05) is 30.3 Å². The summed E-state index contributed by atoms with van der Waals surface area (Å²) in [6.45, 7) is 0.524. The molecular formula is C10H12ClN3O. The fourth-order valence-electron chi connectivity index (χ4n) is 1.18. The van der Waals surface area contributed by atoms with Crippen LogP contribution in [0.4, 0.5) is 0 Å². The number of hydrogen-bond donors (Lipinski definition) is 1. The Morgan fingerprint density at radius 3 is 2.53 bits per heavy atom. The van der Waals surface area contributed by atoms with Gasteiger partial charge in [0.25, 0.3) is 0 Å². The summed E-state index contributed by atoms with van der Waals surface area (Å²) in [5.41, 5.74) is 6.31. The molecule has 2 N–H and O–H groups in total. The molecule has 0 radical (unpaired) electrons. The van der Waals surface area contributed by atoms with Crippen LogP contribution in [-0.2, 0) is 6.42 Å². The first-order chi connectivity index (χ1) is 6.90. The summed E-state index contributed by atoms with van der Waals surface area (Å²) >= 11 is 0. The van der Waals surface area contributed by atoms with Gasteiger partial charge in [-0.2, -0.15) is 0 Å². The number of hydrogen-bond acceptors (Lipinski definition) is 4. The van der Waals surface area contributed by atoms with Gasteiger partial charge in [-0.25, -0.2) is 0 Å². The predicted octanol–water partition coefficient (Wildman–Crippen LogP) is 1.66. The van der Waals surface area contributed by atoms with E-state index in [1.165, 1.54) is 0 Å². The monoisotopic (exact) mass is 225 g/mol. The number of benzene rings is 1. The molecule has 0 unspecified atom stereocenters. The quantitative estimate of drug-likeness (QED) is 0.863. The van der Waals surface area contributed by atoms with E-state index in [0.717, 1.165) is 5.56 Å². The highest BCUT2D eigenvalue weighted by Gasteiger charge is 2.06. The van der Waals surface area contributed by atoms with Crippen LogP contribution in [0.3, 0.4) is 0 Å². The van der Waals surface area contributed by atoms with Crippen molar-refractivity contribution in [3.05, 3.63) is 36.2 Å². The van der Waals surface area contributed by atoms with Crippen molar-refractivity contribution in [2.75, 3.05) is 6.54 Å². The largest absolute Gasteiger partial charge is 0.421 e. The van der Waals surface area contributed by atoms with Crippen LogP contribution in [0, 0.1) is 0 Å². The van der Waals surface area contributed by atoms with Crippen molar-refractivity contribution in [1.82, 2.24) is 10.2 Å². The SMILES string of the molecule is Cl.NCCc1nnc(-c2ccccc2)o1. The van der Waals surface area contributed by atoms with Crippen molar-refractivity contribution in [2.24, 2.45) is 5.73 Å². The lowest BCUT2D eigenvalue weighted by molar-refractivity contribution is 0.507. The molecule has 0 aliphatic heterocycles. The lowest BCUT2D eigenvalue weighted by atomic mass is 10.2. The molecule has 2 rings (SSSR count). The number of nitrogens with zero attached hydrogens (tertiary/aromatic N) is 2. The predicted molar refractivity (Wildman–Crippen MR) is 59.7 cm³/mol. The van der Waals surface area contributed by atoms with Gasteiger partial charge in [-0.05, 0) is 12.1 Å². The van der Waals surface area contributed by atoms with Gasteiger partial charge in [0, 0.05) is 18.5 Å². The van der Waals surface area contributed by atoms with E-state index in [1.54, 1.807) is 0 Å². The van der Waals surface area contributed by atoms with E-state index < -0.39 is 0 Å². The van der Waals surface area contributed by atoms with Crippen molar-refractivity contribution in [3.63, 3.8) is 0 Å². The molecule has 0 saturated heterocycles. The minimum atomic E-state index is 0. The van der Waals surface area contributed by atoms with Crippen LogP contribution in [0.2, 0.25) is 0 Å². The summed E-state index contributed by atoms with van der Waals surface area (Å²) in [7, 11) is 0. The first-order valence-corrected chi connectivity index (χ1v) is 4.48. The molecule has 1 aromatic heterocycles. The van der Waals surface area contributed by atoms with Gasteiger partial charge in [-0.3, -0.25) is 0 Å². The minimum Gasteiger partial charge on any atom is -0.421 e. The number of nitrogens with two attached hydrogens (primary N) is 1. The van der Waals surface area contributed by atoms with E-state index in [-0.39, 0.29) is 12.4 Å². The van der Waals surface area contributed by atoms with Crippen LogP contribution in [-0.4, -0.2) is 16.7 Å². The van der Waals surface area contributed by atoms with Gasteiger partial charge in [-0.1, -0.05) is 18.2 Å². The summed E-state index contributed by atoms with van der Waals surface area (Å²) in [6.07, 6.45) is 0.625. The third kappa shape index (κ3) is 2.78. The Labute approximate surface area is 93.9 Å². The first kappa shape index (κ1) is 11.7. The summed E-state index contributed by atoms with van der Waals surface area (Å²) in [6, 6.07) is 9.67. The van der Waals surface area contributed by atoms with Crippen LogP contribution < -0.4 is 5.73 Å². The molecule has 4 nitrogen and oxygen atoms in total. The molecule has 5 heteroatoms. The molecule has 0 fully saturated rings. The second-order valence-corrected chi connectivity index (χ2v) is 2.91. The molecular weight excluding hydrogens is 214 g/mol. The molecule has 0 spiro atoms. The Kier molecular flexibility index (Phi) is 4.27. The van der Waals surface area contributed by atoms with Crippen LogP contribution in [0.5, 0.6) is 0 Å². The maximum atomic E-state index is 5.41. The highest BCUT2D eigenvalue weighted by atomic mass is 35.5. The Morgan fingerprint density at radius 2 is 1.87 bits per heavy atom. The van der Waals surface area contributed by atoms with Gasteiger partial charge in [0.2, 0.25) is 11.8 Å². The third-order valence-electron chi connectivity index (χ3n) is 1.85. The van der Waals surface area contributed by atoms with Crippen molar-refractivity contribution in [1.29, 1.82) is 0 Å². The molecule has 1 aromatic carbocycles.